The summed E-state index contributed by atoms with van der Waals surface area (Å²) in [6.45, 7) is 9.27. The molecular weight excluding hydrogens is 168 g/mol. The van der Waals surface area contributed by atoms with Crippen LogP contribution in [-0.2, 0) is 0 Å². The van der Waals surface area contributed by atoms with Gasteiger partial charge in [-0.1, -0.05) is 58.1 Å². The zero-order valence-corrected chi connectivity index (χ0v) is 10.4. The Kier molecular flexibility index (Phi) is 4.22. The molecule has 0 bridgehead atoms. The first kappa shape index (κ1) is 11.8. The maximum atomic E-state index is 2.47. The van der Waals surface area contributed by atoms with Crippen LogP contribution in [-0.4, -0.2) is 0 Å². The Bertz CT molecular complexity index is 202. The molecule has 1 fully saturated rings. The average Bonchev–Trinajstić information content (AvgIpc) is 2.72. The van der Waals surface area contributed by atoms with E-state index in [9.17, 15) is 0 Å². The lowest BCUT2D eigenvalue weighted by Crippen LogP contribution is -1.98. The van der Waals surface area contributed by atoms with Crippen molar-refractivity contribution in [2.24, 2.45) is 11.3 Å². The van der Waals surface area contributed by atoms with Gasteiger partial charge in [0.2, 0.25) is 0 Å². The molecule has 0 aromatic heterocycles. The molecule has 14 heavy (non-hydrogen) atoms. The predicted octanol–water partition coefficient (Wildman–Crippen LogP) is 4.95. The molecule has 1 rings (SSSR count). The Hall–Kier alpha value is -0.260. The van der Waals surface area contributed by atoms with Crippen molar-refractivity contribution in [3.63, 3.8) is 0 Å². The van der Waals surface area contributed by atoms with E-state index in [1.54, 1.807) is 5.57 Å². The number of hydrogen-bond acceptors (Lipinski definition) is 0. The SMILES string of the molecule is CC=C1C(CCC)C1(C)CCCCC. The summed E-state index contributed by atoms with van der Waals surface area (Å²) in [5.74, 6) is 0.925. The van der Waals surface area contributed by atoms with Crippen molar-refractivity contribution in [3.05, 3.63) is 11.6 Å². The Morgan fingerprint density at radius 3 is 2.43 bits per heavy atom. The van der Waals surface area contributed by atoms with Gasteiger partial charge in [-0.05, 0) is 31.1 Å². The second-order valence-corrected chi connectivity index (χ2v) is 4.96. The summed E-state index contributed by atoms with van der Waals surface area (Å²) in [7, 11) is 0. The molecule has 0 aromatic carbocycles. The van der Waals surface area contributed by atoms with E-state index in [1.165, 1.54) is 38.5 Å². The van der Waals surface area contributed by atoms with Crippen molar-refractivity contribution in [1.82, 2.24) is 0 Å². The van der Waals surface area contributed by atoms with Gasteiger partial charge in [-0.2, -0.15) is 0 Å². The molecule has 82 valence electrons. The number of rotatable bonds is 6. The van der Waals surface area contributed by atoms with Crippen LogP contribution in [0.4, 0.5) is 0 Å². The predicted molar refractivity (Wildman–Crippen MR) is 64.4 cm³/mol. The standard InChI is InChI=1S/C14H26/c1-5-8-9-11-14(4)12(7-3)13(14)10-6-2/h7,13H,5-6,8-11H2,1-4H3. The molecule has 0 heterocycles. The van der Waals surface area contributed by atoms with Gasteiger partial charge < -0.3 is 0 Å². The Morgan fingerprint density at radius 1 is 1.21 bits per heavy atom. The zero-order valence-electron chi connectivity index (χ0n) is 10.4. The van der Waals surface area contributed by atoms with Gasteiger partial charge in [0.25, 0.3) is 0 Å². The van der Waals surface area contributed by atoms with E-state index in [1.807, 2.05) is 0 Å². The van der Waals surface area contributed by atoms with E-state index in [0.29, 0.717) is 5.41 Å². The quantitative estimate of drug-likeness (QED) is 0.414. The summed E-state index contributed by atoms with van der Waals surface area (Å²) in [5, 5.41) is 0. The van der Waals surface area contributed by atoms with Gasteiger partial charge in [0.05, 0.1) is 0 Å². The minimum atomic E-state index is 0.597. The smallest absolute Gasteiger partial charge is 0.00478 e. The van der Waals surface area contributed by atoms with Gasteiger partial charge in [-0.15, -0.1) is 0 Å². The van der Waals surface area contributed by atoms with Crippen LogP contribution < -0.4 is 0 Å². The van der Waals surface area contributed by atoms with Crippen LogP contribution in [0.25, 0.3) is 0 Å². The summed E-state index contributed by atoms with van der Waals surface area (Å²) in [4.78, 5) is 0. The largest absolute Gasteiger partial charge is 0.0876 e. The van der Waals surface area contributed by atoms with E-state index in [-0.39, 0.29) is 0 Å². The average molecular weight is 194 g/mol. The third-order valence-corrected chi connectivity index (χ3v) is 3.91. The monoisotopic (exact) mass is 194 g/mol. The van der Waals surface area contributed by atoms with E-state index < -0.39 is 0 Å². The second kappa shape index (κ2) is 5.00. The summed E-state index contributed by atoms with van der Waals surface area (Å²) in [6.07, 6.45) is 10.7. The van der Waals surface area contributed by atoms with Gasteiger partial charge in [-0.3, -0.25) is 0 Å². The van der Waals surface area contributed by atoms with Crippen molar-refractivity contribution >= 4 is 0 Å². The highest BCUT2D eigenvalue weighted by atomic mass is 14.6. The minimum absolute atomic E-state index is 0.597. The van der Waals surface area contributed by atoms with Crippen LogP contribution >= 0.6 is 0 Å². The van der Waals surface area contributed by atoms with E-state index >= 15 is 0 Å². The zero-order chi connectivity index (χ0) is 10.6. The van der Waals surface area contributed by atoms with Gasteiger partial charge in [0.15, 0.2) is 0 Å². The van der Waals surface area contributed by atoms with Crippen LogP contribution in [0.5, 0.6) is 0 Å². The number of unbranched alkanes of at least 4 members (excludes halogenated alkanes) is 2. The third-order valence-electron chi connectivity index (χ3n) is 3.91. The maximum Gasteiger partial charge on any atom is -0.00478 e. The van der Waals surface area contributed by atoms with Gasteiger partial charge in [0, 0.05) is 0 Å². The van der Waals surface area contributed by atoms with Crippen molar-refractivity contribution in [2.45, 2.75) is 66.2 Å². The molecular formula is C14H26. The first-order chi connectivity index (χ1) is 6.70. The molecule has 1 saturated carbocycles. The van der Waals surface area contributed by atoms with Crippen LogP contribution in [0.15, 0.2) is 11.6 Å². The molecule has 1 aliphatic rings. The molecule has 1 aliphatic carbocycles. The first-order valence-corrected chi connectivity index (χ1v) is 6.37. The fraction of sp³-hybridized carbons (Fsp3) is 0.857. The molecule has 0 spiro atoms. The maximum absolute atomic E-state index is 2.47. The molecule has 2 atom stereocenters. The lowest BCUT2D eigenvalue weighted by atomic mass is 9.96. The Morgan fingerprint density at radius 2 is 1.93 bits per heavy atom. The molecule has 0 amide bonds. The molecule has 0 nitrogen and oxygen atoms in total. The Labute approximate surface area is 89.8 Å². The molecule has 0 heteroatoms. The molecule has 2 unspecified atom stereocenters. The van der Waals surface area contributed by atoms with Crippen molar-refractivity contribution in [1.29, 1.82) is 0 Å². The summed E-state index contributed by atoms with van der Waals surface area (Å²) in [6, 6.07) is 0. The van der Waals surface area contributed by atoms with Gasteiger partial charge >= 0.3 is 0 Å². The van der Waals surface area contributed by atoms with Crippen LogP contribution in [0, 0.1) is 11.3 Å². The van der Waals surface area contributed by atoms with Gasteiger partial charge in [0.1, 0.15) is 0 Å². The summed E-state index contributed by atoms with van der Waals surface area (Å²) >= 11 is 0. The highest BCUT2D eigenvalue weighted by Gasteiger charge is 2.53. The topological polar surface area (TPSA) is 0 Å². The third kappa shape index (κ3) is 2.21. The first-order valence-electron chi connectivity index (χ1n) is 6.37. The summed E-state index contributed by atoms with van der Waals surface area (Å²) in [5.41, 5.74) is 2.34. The van der Waals surface area contributed by atoms with Crippen LogP contribution in [0.2, 0.25) is 0 Å². The van der Waals surface area contributed by atoms with Crippen molar-refractivity contribution in [3.8, 4) is 0 Å². The lowest BCUT2D eigenvalue weighted by Gasteiger charge is -2.09. The highest BCUT2D eigenvalue weighted by molar-refractivity contribution is 5.36. The molecule has 0 radical (unpaired) electrons. The lowest BCUT2D eigenvalue weighted by molar-refractivity contribution is 0.428. The van der Waals surface area contributed by atoms with Crippen LogP contribution in [0.3, 0.4) is 0 Å². The van der Waals surface area contributed by atoms with Crippen LogP contribution in [0.1, 0.15) is 66.2 Å². The summed E-state index contributed by atoms with van der Waals surface area (Å²) < 4.78 is 0. The number of allylic oxidation sites excluding steroid dienone is 2. The van der Waals surface area contributed by atoms with Gasteiger partial charge in [-0.25, -0.2) is 0 Å². The molecule has 0 aliphatic heterocycles. The second-order valence-electron chi connectivity index (χ2n) is 4.96. The fourth-order valence-corrected chi connectivity index (χ4v) is 2.95. The van der Waals surface area contributed by atoms with E-state index in [0.717, 1.165) is 5.92 Å². The Balaban J connectivity index is 2.41. The van der Waals surface area contributed by atoms with E-state index in [4.69, 9.17) is 0 Å². The fourth-order valence-electron chi connectivity index (χ4n) is 2.95. The molecule has 0 N–H and O–H groups in total. The minimum Gasteiger partial charge on any atom is -0.0876 e. The normalized spacial score (nSPS) is 33.7. The highest BCUT2D eigenvalue weighted by Crippen LogP contribution is 2.63. The van der Waals surface area contributed by atoms with Crippen molar-refractivity contribution < 1.29 is 0 Å². The van der Waals surface area contributed by atoms with E-state index in [2.05, 4.69) is 33.8 Å². The molecule has 0 aromatic rings. The molecule has 0 saturated heterocycles. The van der Waals surface area contributed by atoms with Crippen molar-refractivity contribution in [2.75, 3.05) is 0 Å². The number of hydrogen-bond donors (Lipinski definition) is 0.